The van der Waals surface area contributed by atoms with Crippen LogP contribution in [0, 0.1) is 0 Å². The molecule has 2 aliphatic heterocycles. The molecule has 1 aromatic carbocycles. The first-order valence-corrected chi connectivity index (χ1v) is 9.71. The van der Waals surface area contributed by atoms with Gasteiger partial charge in [-0.15, -0.1) is 0 Å². The number of aromatic nitrogens is 1. The van der Waals surface area contributed by atoms with E-state index in [4.69, 9.17) is 0 Å². The predicted octanol–water partition coefficient (Wildman–Crippen LogP) is 2.56. The Labute approximate surface area is 151 Å². The van der Waals surface area contributed by atoms with Crippen LogP contribution in [-0.2, 0) is 6.42 Å². The van der Waals surface area contributed by atoms with Gasteiger partial charge in [-0.2, -0.15) is 11.8 Å². The number of benzene rings is 1. The minimum atomic E-state index is -0.719. The van der Waals surface area contributed by atoms with Gasteiger partial charge in [-0.05, 0) is 42.4 Å². The number of carbonyl (C=O) groups is 1. The van der Waals surface area contributed by atoms with Crippen LogP contribution in [-0.4, -0.2) is 46.2 Å². The maximum absolute atomic E-state index is 13.1. The van der Waals surface area contributed by atoms with Gasteiger partial charge < -0.3 is 15.3 Å². The van der Waals surface area contributed by atoms with Crippen molar-refractivity contribution in [1.29, 1.82) is 0 Å². The lowest BCUT2D eigenvalue weighted by molar-refractivity contribution is 0.0817. The number of anilines is 2. The molecule has 5 nitrogen and oxygen atoms in total. The zero-order valence-corrected chi connectivity index (χ0v) is 14.8. The molecule has 2 aliphatic rings. The molecule has 1 amide bonds. The highest BCUT2D eigenvalue weighted by atomic mass is 32.2. The molecule has 1 unspecified atom stereocenters. The van der Waals surface area contributed by atoms with Gasteiger partial charge in [0.2, 0.25) is 0 Å². The van der Waals surface area contributed by atoms with Gasteiger partial charge in [-0.25, -0.2) is 4.98 Å². The average Bonchev–Trinajstić information content (AvgIpc) is 3.26. The number of amides is 1. The summed E-state index contributed by atoms with van der Waals surface area (Å²) >= 11 is 1.75. The number of pyridine rings is 1. The molecular weight excluding hydrogens is 334 g/mol. The van der Waals surface area contributed by atoms with Gasteiger partial charge >= 0.3 is 0 Å². The highest BCUT2D eigenvalue weighted by Crippen LogP contribution is 2.31. The predicted molar refractivity (Wildman–Crippen MR) is 101 cm³/mol. The van der Waals surface area contributed by atoms with Crippen molar-refractivity contribution in [2.75, 3.05) is 34.8 Å². The maximum Gasteiger partial charge on any atom is 0.262 e. The summed E-state index contributed by atoms with van der Waals surface area (Å²) in [6.07, 6.45) is 3.31. The van der Waals surface area contributed by atoms with Crippen LogP contribution in [0.15, 0.2) is 42.6 Å². The molecule has 0 saturated carbocycles. The second-order valence-corrected chi connectivity index (χ2v) is 7.72. The van der Waals surface area contributed by atoms with Crippen LogP contribution < -0.4 is 10.2 Å². The molecule has 3 heterocycles. The van der Waals surface area contributed by atoms with Crippen LogP contribution in [0.1, 0.15) is 22.3 Å². The van der Waals surface area contributed by atoms with Crippen molar-refractivity contribution in [3.63, 3.8) is 0 Å². The molecule has 1 aromatic heterocycles. The number of nitrogens with one attached hydrogen (secondary N) is 1. The summed E-state index contributed by atoms with van der Waals surface area (Å²) in [5.74, 6) is 2.18. The SMILES string of the molecule is O=C(c1cccnc1NCC1(O)CCSC1)N1CCc2ccccc21. The topological polar surface area (TPSA) is 65.5 Å². The summed E-state index contributed by atoms with van der Waals surface area (Å²) in [6.45, 7) is 1.10. The summed E-state index contributed by atoms with van der Waals surface area (Å²) in [5.41, 5.74) is 2.01. The van der Waals surface area contributed by atoms with Crippen molar-refractivity contribution in [1.82, 2.24) is 4.98 Å². The van der Waals surface area contributed by atoms with E-state index in [0.717, 1.165) is 30.0 Å². The Morgan fingerprint density at radius 1 is 1.32 bits per heavy atom. The van der Waals surface area contributed by atoms with Gasteiger partial charge in [-0.3, -0.25) is 4.79 Å². The van der Waals surface area contributed by atoms with Gasteiger partial charge in [0.15, 0.2) is 0 Å². The number of thioether (sulfide) groups is 1. The standard InChI is InChI=1S/C19H21N3O2S/c23-18(22-10-7-14-4-1-2-6-16(14)22)15-5-3-9-20-17(15)21-12-19(24)8-11-25-13-19/h1-6,9,24H,7-8,10-13H2,(H,20,21). The number of para-hydroxylation sites is 1. The number of nitrogens with zero attached hydrogens (tertiary/aromatic N) is 2. The number of hydrogen-bond acceptors (Lipinski definition) is 5. The van der Waals surface area contributed by atoms with Crippen LogP contribution in [0.25, 0.3) is 0 Å². The molecule has 6 heteroatoms. The van der Waals surface area contributed by atoms with Gasteiger partial charge in [-0.1, -0.05) is 18.2 Å². The molecule has 2 N–H and O–H groups in total. The lowest BCUT2D eigenvalue weighted by atomic mass is 10.0. The zero-order chi connectivity index (χ0) is 17.3. The highest BCUT2D eigenvalue weighted by Gasteiger charge is 2.32. The van der Waals surface area contributed by atoms with Crippen LogP contribution >= 0.6 is 11.8 Å². The van der Waals surface area contributed by atoms with Gasteiger partial charge in [0, 0.05) is 30.7 Å². The number of fused-ring (bicyclic) bond motifs is 1. The number of rotatable bonds is 4. The Bertz CT molecular complexity index is 790. The average molecular weight is 355 g/mol. The molecule has 2 aromatic rings. The first-order chi connectivity index (χ1) is 12.2. The Morgan fingerprint density at radius 3 is 3.04 bits per heavy atom. The fourth-order valence-electron chi connectivity index (χ4n) is 3.40. The minimum Gasteiger partial charge on any atom is -0.387 e. The summed E-state index contributed by atoms with van der Waals surface area (Å²) in [7, 11) is 0. The lowest BCUT2D eigenvalue weighted by Crippen LogP contribution is -2.37. The van der Waals surface area contributed by atoms with Gasteiger partial charge in [0.1, 0.15) is 5.82 Å². The van der Waals surface area contributed by atoms with Crippen molar-refractivity contribution < 1.29 is 9.90 Å². The quantitative estimate of drug-likeness (QED) is 0.882. The number of carbonyl (C=O) groups excluding carboxylic acids is 1. The fourth-order valence-corrected chi connectivity index (χ4v) is 4.69. The third-order valence-electron chi connectivity index (χ3n) is 4.84. The second kappa shape index (κ2) is 6.69. The number of hydrogen-bond donors (Lipinski definition) is 2. The van der Waals surface area contributed by atoms with Crippen molar-refractivity contribution in [3.05, 3.63) is 53.7 Å². The first kappa shape index (κ1) is 16.4. The molecule has 0 radical (unpaired) electrons. The molecule has 0 aliphatic carbocycles. The molecule has 1 atom stereocenters. The zero-order valence-electron chi connectivity index (χ0n) is 13.9. The van der Waals surface area contributed by atoms with E-state index in [1.165, 1.54) is 5.56 Å². The Balaban J connectivity index is 1.55. The summed E-state index contributed by atoms with van der Waals surface area (Å²) in [6, 6.07) is 11.6. The molecule has 0 spiro atoms. The molecule has 1 fully saturated rings. The minimum absolute atomic E-state index is 0.0478. The van der Waals surface area contributed by atoms with Crippen LogP contribution in [0.2, 0.25) is 0 Å². The Hall–Kier alpha value is -2.05. The summed E-state index contributed by atoms with van der Waals surface area (Å²) in [5, 5.41) is 13.7. The summed E-state index contributed by atoms with van der Waals surface area (Å²) < 4.78 is 0. The van der Waals surface area contributed by atoms with E-state index in [9.17, 15) is 9.90 Å². The Morgan fingerprint density at radius 2 is 2.20 bits per heavy atom. The van der Waals surface area contributed by atoms with E-state index in [0.29, 0.717) is 24.5 Å². The molecule has 25 heavy (non-hydrogen) atoms. The Kier molecular flexibility index (Phi) is 4.39. The first-order valence-electron chi connectivity index (χ1n) is 8.55. The molecule has 1 saturated heterocycles. The third-order valence-corrected chi connectivity index (χ3v) is 6.07. The van der Waals surface area contributed by atoms with E-state index in [-0.39, 0.29) is 5.91 Å². The van der Waals surface area contributed by atoms with Crippen molar-refractivity contribution in [3.8, 4) is 0 Å². The third kappa shape index (κ3) is 3.24. The monoisotopic (exact) mass is 355 g/mol. The van der Waals surface area contributed by atoms with Crippen LogP contribution in [0.3, 0.4) is 0 Å². The highest BCUT2D eigenvalue weighted by molar-refractivity contribution is 7.99. The van der Waals surface area contributed by atoms with E-state index in [1.807, 2.05) is 23.1 Å². The maximum atomic E-state index is 13.1. The van der Waals surface area contributed by atoms with Gasteiger partial charge in [0.25, 0.3) is 5.91 Å². The lowest BCUT2D eigenvalue weighted by Gasteiger charge is -2.23. The molecule has 130 valence electrons. The van der Waals surface area contributed by atoms with E-state index < -0.39 is 5.60 Å². The van der Waals surface area contributed by atoms with E-state index in [1.54, 1.807) is 30.1 Å². The van der Waals surface area contributed by atoms with Crippen molar-refractivity contribution in [2.24, 2.45) is 0 Å². The van der Waals surface area contributed by atoms with Gasteiger partial charge in [0.05, 0.1) is 11.2 Å². The van der Waals surface area contributed by atoms with Crippen molar-refractivity contribution in [2.45, 2.75) is 18.4 Å². The second-order valence-electron chi connectivity index (χ2n) is 6.62. The van der Waals surface area contributed by atoms with Crippen molar-refractivity contribution >= 4 is 29.2 Å². The molecule has 0 bridgehead atoms. The largest absolute Gasteiger partial charge is 0.387 e. The fraction of sp³-hybridized carbons (Fsp3) is 0.368. The van der Waals surface area contributed by atoms with Crippen LogP contribution in [0.4, 0.5) is 11.5 Å². The smallest absolute Gasteiger partial charge is 0.262 e. The molecule has 4 rings (SSSR count). The van der Waals surface area contributed by atoms with Crippen LogP contribution in [0.5, 0.6) is 0 Å². The van der Waals surface area contributed by atoms with E-state index >= 15 is 0 Å². The normalized spacial score (nSPS) is 22.0. The molecular formula is C19H21N3O2S. The van der Waals surface area contributed by atoms with E-state index in [2.05, 4.69) is 16.4 Å². The summed E-state index contributed by atoms with van der Waals surface area (Å²) in [4.78, 5) is 19.2. The number of aliphatic hydroxyl groups is 1.